The van der Waals surface area contributed by atoms with Gasteiger partial charge in [-0.05, 0) is 24.9 Å². The minimum Gasteiger partial charge on any atom is -0.493 e. The van der Waals surface area contributed by atoms with Crippen LogP contribution < -0.4 is 5.73 Å². The van der Waals surface area contributed by atoms with Gasteiger partial charge in [-0.1, -0.05) is 18.2 Å². The normalized spacial score (nSPS) is 11.4. The first-order chi connectivity index (χ1) is 12.6. The standard InChI is InChI=1S/C18H17FN6O/c1-21-10-16(26-2)15-9-14(18-22-8-7-17(20)23-18)24-25(15)11-12-5-3-4-6-13(12)19/h3-10H,1,11H2,2H3,(H2,20,22,23)/b16-10-. The molecule has 3 rings (SSSR count). The number of anilines is 1. The quantitative estimate of drug-likeness (QED) is 0.544. The maximum absolute atomic E-state index is 14.1. The molecular formula is C18H17FN6O. The smallest absolute Gasteiger partial charge is 0.182 e. The van der Waals surface area contributed by atoms with Crippen LogP contribution in [0.5, 0.6) is 0 Å². The SMILES string of the molecule is C=N/C=C(\OC)c1cc(-c2nccc(N)n2)nn1Cc1ccccc1F. The van der Waals surface area contributed by atoms with Crippen LogP contribution in [0.3, 0.4) is 0 Å². The number of methoxy groups -OCH3 is 1. The van der Waals surface area contributed by atoms with Gasteiger partial charge in [0, 0.05) is 11.8 Å². The van der Waals surface area contributed by atoms with Gasteiger partial charge in [0.1, 0.15) is 23.0 Å². The van der Waals surface area contributed by atoms with Gasteiger partial charge in [0.05, 0.1) is 19.9 Å². The van der Waals surface area contributed by atoms with Gasteiger partial charge in [0.15, 0.2) is 11.6 Å². The van der Waals surface area contributed by atoms with E-state index in [0.717, 1.165) is 0 Å². The molecule has 0 bridgehead atoms. The lowest BCUT2D eigenvalue weighted by Crippen LogP contribution is -2.08. The molecule has 3 aromatic rings. The summed E-state index contributed by atoms with van der Waals surface area (Å²) in [6.45, 7) is 3.64. The predicted molar refractivity (Wildman–Crippen MR) is 97.7 cm³/mol. The third-order valence-electron chi connectivity index (χ3n) is 3.65. The summed E-state index contributed by atoms with van der Waals surface area (Å²) in [6.07, 6.45) is 3.00. The van der Waals surface area contributed by atoms with E-state index in [-0.39, 0.29) is 12.4 Å². The number of halogens is 1. The van der Waals surface area contributed by atoms with Crippen molar-refractivity contribution in [2.45, 2.75) is 6.54 Å². The minimum atomic E-state index is -0.319. The minimum absolute atomic E-state index is 0.197. The van der Waals surface area contributed by atoms with E-state index in [1.54, 1.807) is 41.2 Å². The lowest BCUT2D eigenvalue weighted by Gasteiger charge is -2.10. The molecule has 0 amide bonds. The number of hydrogen-bond acceptors (Lipinski definition) is 6. The third-order valence-corrected chi connectivity index (χ3v) is 3.65. The molecule has 2 aromatic heterocycles. The van der Waals surface area contributed by atoms with Crippen molar-refractivity contribution < 1.29 is 9.13 Å². The van der Waals surface area contributed by atoms with Crippen molar-refractivity contribution in [2.75, 3.05) is 12.8 Å². The zero-order valence-corrected chi connectivity index (χ0v) is 14.1. The fraction of sp³-hybridized carbons (Fsp3) is 0.111. The highest BCUT2D eigenvalue weighted by Crippen LogP contribution is 2.23. The summed E-state index contributed by atoms with van der Waals surface area (Å²) in [4.78, 5) is 12.1. The van der Waals surface area contributed by atoms with Crippen molar-refractivity contribution >= 4 is 18.3 Å². The van der Waals surface area contributed by atoms with E-state index in [2.05, 4.69) is 26.8 Å². The molecule has 0 aliphatic heterocycles. The Morgan fingerprint density at radius 3 is 2.88 bits per heavy atom. The molecule has 0 saturated heterocycles. The molecule has 8 heteroatoms. The number of nitrogens with two attached hydrogens (primary N) is 1. The summed E-state index contributed by atoms with van der Waals surface area (Å²) in [5.74, 6) is 0.801. The fourth-order valence-corrected chi connectivity index (χ4v) is 2.44. The van der Waals surface area contributed by atoms with Crippen LogP contribution in [0, 0.1) is 5.82 Å². The van der Waals surface area contributed by atoms with Gasteiger partial charge in [-0.2, -0.15) is 5.10 Å². The molecule has 26 heavy (non-hydrogen) atoms. The van der Waals surface area contributed by atoms with Crippen LogP contribution in [0.2, 0.25) is 0 Å². The summed E-state index contributed by atoms with van der Waals surface area (Å²) in [5.41, 5.74) is 7.28. The van der Waals surface area contributed by atoms with Crippen molar-refractivity contribution in [2.24, 2.45) is 4.99 Å². The monoisotopic (exact) mass is 352 g/mol. The van der Waals surface area contributed by atoms with E-state index in [9.17, 15) is 4.39 Å². The Morgan fingerprint density at radius 1 is 1.38 bits per heavy atom. The van der Waals surface area contributed by atoms with Gasteiger partial charge in [-0.3, -0.25) is 9.67 Å². The van der Waals surface area contributed by atoms with Gasteiger partial charge in [0.2, 0.25) is 0 Å². The average Bonchev–Trinajstić information content (AvgIpc) is 3.05. The molecule has 0 atom stereocenters. The molecule has 7 nitrogen and oxygen atoms in total. The third kappa shape index (κ3) is 3.59. The van der Waals surface area contributed by atoms with Gasteiger partial charge in [-0.25, -0.2) is 14.4 Å². The number of nitrogen functional groups attached to an aromatic ring is 1. The van der Waals surface area contributed by atoms with Crippen LogP contribution in [-0.2, 0) is 11.3 Å². The van der Waals surface area contributed by atoms with Gasteiger partial charge < -0.3 is 10.5 Å². The Hall–Kier alpha value is -3.55. The van der Waals surface area contributed by atoms with Crippen LogP contribution in [-0.4, -0.2) is 33.6 Å². The fourth-order valence-electron chi connectivity index (χ4n) is 2.44. The molecule has 0 aliphatic carbocycles. The summed E-state index contributed by atoms with van der Waals surface area (Å²) in [5, 5.41) is 4.50. The summed E-state index contributed by atoms with van der Waals surface area (Å²) < 4.78 is 21.0. The Bertz CT molecular complexity index is 966. The Kier molecular flexibility index (Phi) is 5.02. The van der Waals surface area contributed by atoms with E-state index in [1.807, 2.05) is 0 Å². The average molecular weight is 352 g/mol. The van der Waals surface area contributed by atoms with Crippen LogP contribution >= 0.6 is 0 Å². The van der Waals surface area contributed by atoms with E-state index in [4.69, 9.17) is 10.5 Å². The molecule has 0 unspecified atom stereocenters. The molecule has 2 heterocycles. The largest absolute Gasteiger partial charge is 0.493 e. The van der Waals surface area contributed by atoms with Crippen LogP contribution in [0.1, 0.15) is 11.3 Å². The van der Waals surface area contributed by atoms with Gasteiger partial charge in [-0.15, -0.1) is 0 Å². The topological polar surface area (TPSA) is 91.2 Å². The molecule has 0 aliphatic rings. The van der Waals surface area contributed by atoms with Crippen LogP contribution in [0.15, 0.2) is 53.8 Å². The van der Waals surface area contributed by atoms with E-state index in [1.165, 1.54) is 19.4 Å². The van der Waals surface area contributed by atoms with Crippen molar-refractivity contribution in [1.82, 2.24) is 19.7 Å². The molecular weight excluding hydrogens is 335 g/mol. The number of rotatable bonds is 6. The van der Waals surface area contributed by atoms with Crippen molar-refractivity contribution in [1.29, 1.82) is 0 Å². The van der Waals surface area contributed by atoms with E-state index >= 15 is 0 Å². The van der Waals surface area contributed by atoms with E-state index < -0.39 is 0 Å². The summed E-state index contributed by atoms with van der Waals surface area (Å²) >= 11 is 0. The molecule has 1 aromatic carbocycles. The zero-order chi connectivity index (χ0) is 18.5. The highest BCUT2D eigenvalue weighted by molar-refractivity contribution is 5.63. The highest BCUT2D eigenvalue weighted by atomic mass is 19.1. The number of hydrogen-bond donors (Lipinski definition) is 1. The molecule has 0 spiro atoms. The first-order valence-electron chi connectivity index (χ1n) is 7.73. The Labute approximate surface area is 149 Å². The van der Waals surface area contributed by atoms with Crippen molar-refractivity contribution in [3.05, 3.63) is 65.9 Å². The van der Waals surface area contributed by atoms with Crippen molar-refractivity contribution in [3.63, 3.8) is 0 Å². The Morgan fingerprint density at radius 2 is 2.19 bits per heavy atom. The molecule has 0 radical (unpaired) electrons. The van der Waals surface area contributed by atoms with Crippen LogP contribution in [0.4, 0.5) is 10.2 Å². The van der Waals surface area contributed by atoms with E-state index in [0.29, 0.717) is 34.4 Å². The van der Waals surface area contributed by atoms with Gasteiger partial charge in [0.25, 0.3) is 0 Å². The number of aliphatic imine (C=N–C) groups is 1. The number of nitrogens with zero attached hydrogens (tertiary/aromatic N) is 5. The maximum Gasteiger partial charge on any atom is 0.182 e. The molecule has 0 saturated carbocycles. The van der Waals surface area contributed by atoms with Crippen LogP contribution in [0.25, 0.3) is 17.3 Å². The first-order valence-corrected chi connectivity index (χ1v) is 7.73. The second-order valence-corrected chi connectivity index (χ2v) is 5.35. The molecule has 2 N–H and O–H groups in total. The van der Waals surface area contributed by atoms with Gasteiger partial charge >= 0.3 is 0 Å². The zero-order valence-electron chi connectivity index (χ0n) is 14.1. The number of ether oxygens (including phenoxy) is 1. The number of aromatic nitrogens is 4. The second-order valence-electron chi connectivity index (χ2n) is 5.35. The maximum atomic E-state index is 14.1. The Balaban J connectivity index is 2.10. The number of benzene rings is 1. The highest BCUT2D eigenvalue weighted by Gasteiger charge is 2.17. The summed E-state index contributed by atoms with van der Waals surface area (Å²) in [7, 11) is 1.51. The van der Waals surface area contributed by atoms with Crippen molar-refractivity contribution in [3.8, 4) is 11.5 Å². The lowest BCUT2D eigenvalue weighted by atomic mass is 10.2. The second kappa shape index (κ2) is 7.56. The first kappa shape index (κ1) is 17.3. The predicted octanol–water partition coefficient (Wildman–Crippen LogP) is 2.76. The summed E-state index contributed by atoms with van der Waals surface area (Å²) in [6, 6.07) is 9.82. The lowest BCUT2D eigenvalue weighted by molar-refractivity contribution is 0.363. The molecule has 132 valence electrons. The molecule has 0 fully saturated rings.